The minimum absolute atomic E-state index is 0.0349. The fourth-order valence-corrected chi connectivity index (χ4v) is 3.25. The summed E-state index contributed by atoms with van der Waals surface area (Å²) in [5.41, 5.74) is 3.16. The van der Waals surface area contributed by atoms with Gasteiger partial charge in [-0.3, -0.25) is 9.69 Å². The van der Waals surface area contributed by atoms with Crippen LogP contribution in [0.1, 0.15) is 56.2 Å². The number of aryl methyl sites for hydroxylation is 1. The standard InChI is InChI=1S/C18H28N2O2/c1-12(2)16-8-7-13(3)17(18(16)22)11-20-9-5-6-15(10-20)19-14(4)21/h7-8,12,15,22H,5-6,9-11H2,1-4H3,(H,19,21). The summed E-state index contributed by atoms with van der Waals surface area (Å²) in [5, 5.41) is 13.6. The Kier molecular flexibility index (Phi) is 5.46. The van der Waals surface area contributed by atoms with Gasteiger partial charge in [0.15, 0.2) is 0 Å². The van der Waals surface area contributed by atoms with Gasteiger partial charge in [0.05, 0.1) is 0 Å². The molecule has 0 aliphatic carbocycles. The van der Waals surface area contributed by atoms with Crippen LogP contribution in [0.4, 0.5) is 0 Å². The van der Waals surface area contributed by atoms with E-state index in [9.17, 15) is 9.90 Å². The van der Waals surface area contributed by atoms with Crippen LogP contribution in [-0.2, 0) is 11.3 Å². The Labute approximate surface area is 133 Å². The first-order chi connectivity index (χ1) is 10.4. The lowest BCUT2D eigenvalue weighted by Crippen LogP contribution is -2.46. The number of rotatable bonds is 4. The number of hydrogen-bond donors (Lipinski definition) is 2. The van der Waals surface area contributed by atoms with Crippen molar-refractivity contribution in [3.8, 4) is 5.75 Å². The zero-order valence-electron chi connectivity index (χ0n) is 14.1. The van der Waals surface area contributed by atoms with Gasteiger partial charge in [-0.2, -0.15) is 0 Å². The minimum Gasteiger partial charge on any atom is -0.507 e. The van der Waals surface area contributed by atoms with Crippen LogP contribution < -0.4 is 5.32 Å². The van der Waals surface area contributed by atoms with Crippen LogP contribution in [0.25, 0.3) is 0 Å². The Hall–Kier alpha value is -1.55. The molecule has 1 fully saturated rings. The van der Waals surface area contributed by atoms with Crippen molar-refractivity contribution in [3.05, 3.63) is 28.8 Å². The summed E-state index contributed by atoms with van der Waals surface area (Å²) < 4.78 is 0. The van der Waals surface area contributed by atoms with Crippen LogP contribution in [-0.4, -0.2) is 35.0 Å². The number of phenols is 1. The normalized spacial score (nSPS) is 19.4. The summed E-state index contributed by atoms with van der Waals surface area (Å²) in [4.78, 5) is 13.6. The van der Waals surface area contributed by atoms with Crippen molar-refractivity contribution < 1.29 is 9.90 Å². The van der Waals surface area contributed by atoms with Crippen molar-refractivity contribution in [1.82, 2.24) is 10.2 Å². The quantitative estimate of drug-likeness (QED) is 0.899. The van der Waals surface area contributed by atoms with Gasteiger partial charge in [-0.1, -0.05) is 26.0 Å². The molecule has 2 N–H and O–H groups in total. The smallest absolute Gasteiger partial charge is 0.217 e. The third-order valence-electron chi connectivity index (χ3n) is 4.46. The summed E-state index contributed by atoms with van der Waals surface area (Å²) in [6.07, 6.45) is 2.11. The maximum atomic E-state index is 11.2. The summed E-state index contributed by atoms with van der Waals surface area (Å²) in [6, 6.07) is 4.34. The van der Waals surface area contributed by atoms with E-state index in [4.69, 9.17) is 0 Å². The van der Waals surface area contributed by atoms with Crippen LogP contribution >= 0.6 is 0 Å². The summed E-state index contributed by atoms with van der Waals surface area (Å²) in [5.74, 6) is 0.789. The van der Waals surface area contributed by atoms with Crippen LogP contribution in [0.3, 0.4) is 0 Å². The summed E-state index contributed by atoms with van der Waals surface area (Å²) in [6.45, 7) is 10.4. The van der Waals surface area contributed by atoms with E-state index in [1.165, 1.54) is 0 Å². The van der Waals surface area contributed by atoms with Gasteiger partial charge in [0.2, 0.25) is 5.91 Å². The molecule has 0 saturated carbocycles. The van der Waals surface area contributed by atoms with Gasteiger partial charge >= 0.3 is 0 Å². The van der Waals surface area contributed by atoms with E-state index in [-0.39, 0.29) is 11.9 Å². The molecule has 0 radical (unpaired) electrons. The Morgan fingerprint density at radius 1 is 1.45 bits per heavy atom. The van der Waals surface area contributed by atoms with E-state index in [1.54, 1.807) is 6.92 Å². The van der Waals surface area contributed by atoms with Crippen LogP contribution in [0.5, 0.6) is 5.75 Å². The van der Waals surface area contributed by atoms with Gasteiger partial charge in [-0.25, -0.2) is 0 Å². The SMILES string of the molecule is CC(=O)NC1CCCN(Cc2c(C)ccc(C(C)C)c2O)C1. The van der Waals surface area contributed by atoms with E-state index in [1.807, 2.05) is 6.07 Å². The molecule has 1 aromatic rings. The number of carbonyl (C=O) groups excluding carboxylic acids is 1. The minimum atomic E-state index is 0.0349. The molecule has 0 bridgehead atoms. The molecule has 1 unspecified atom stereocenters. The molecule has 1 aliphatic rings. The zero-order chi connectivity index (χ0) is 16.3. The molecule has 1 aliphatic heterocycles. The maximum Gasteiger partial charge on any atom is 0.217 e. The molecular formula is C18H28N2O2. The summed E-state index contributed by atoms with van der Waals surface area (Å²) >= 11 is 0. The molecule has 1 amide bonds. The first-order valence-corrected chi connectivity index (χ1v) is 8.19. The average Bonchev–Trinajstić information content (AvgIpc) is 2.42. The highest BCUT2D eigenvalue weighted by molar-refractivity contribution is 5.73. The molecule has 1 saturated heterocycles. The molecular weight excluding hydrogens is 276 g/mol. The number of likely N-dealkylation sites (tertiary alicyclic amines) is 1. The number of nitrogens with one attached hydrogen (secondary N) is 1. The van der Waals surface area contributed by atoms with Gasteiger partial charge in [0.25, 0.3) is 0 Å². The van der Waals surface area contributed by atoms with Gasteiger partial charge in [-0.05, 0) is 43.4 Å². The van der Waals surface area contributed by atoms with Crippen molar-refractivity contribution in [2.75, 3.05) is 13.1 Å². The molecule has 22 heavy (non-hydrogen) atoms. The highest BCUT2D eigenvalue weighted by atomic mass is 16.3. The van der Waals surface area contributed by atoms with Gasteiger partial charge in [0.1, 0.15) is 5.75 Å². The molecule has 1 heterocycles. The van der Waals surface area contributed by atoms with E-state index in [2.05, 4.69) is 37.1 Å². The Bertz CT molecular complexity index is 540. The van der Waals surface area contributed by atoms with Crippen molar-refractivity contribution in [1.29, 1.82) is 0 Å². The fraction of sp³-hybridized carbons (Fsp3) is 0.611. The second-order valence-corrected chi connectivity index (χ2v) is 6.73. The molecule has 122 valence electrons. The van der Waals surface area contributed by atoms with Crippen molar-refractivity contribution in [2.24, 2.45) is 0 Å². The summed E-state index contributed by atoms with van der Waals surface area (Å²) in [7, 11) is 0. The van der Waals surface area contributed by atoms with Crippen molar-refractivity contribution in [3.63, 3.8) is 0 Å². The molecule has 4 heteroatoms. The molecule has 1 atom stereocenters. The molecule has 0 aromatic heterocycles. The van der Waals surface area contributed by atoms with Crippen LogP contribution in [0.2, 0.25) is 0 Å². The number of piperidine rings is 1. The predicted octanol–water partition coefficient (Wildman–Crippen LogP) is 2.92. The first kappa shape index (κ1) is 16.8. The molecule has 0 spiro atoms. The monoisotopic (exact) mass is 304 g/mol. The lowest BCUT2D eigenvalue weighted by molar-refractivity contribution is -0.120. The largest absolute Gasteiger partial charge is 0.507 e. The second kappa shape index (κ2) is 7.14. The number of benzene rings is 1. The highest BCUT2D eigenvalue weighted by Crippen LogP contribution is 2.32. The fourth-order valence-electron chi connectivity index (χ4n) is 3.25. The Morgan fingerprint density at radius 3 is 2.82 bits per heavy atom. The second-order valence-electron chi connectivity index (χ2n) is 6.73. The number of carbonyl (C=O) groups is 1. The Balaban J connectivity index is 2.13. The topological polar surface area (TPSA) is 52.6 Å². The first-order valence-electron chi connectivity index (χ1n) is 8.19. The number of nitrogens with zero attached hydrogens (tertiary/aromatic N) is 1. The number of amides is 1. The van der Waals surface area contributed by atoms with E-state index in [0.29, 0.717) is 11.7 Å². The van der Waals surface area contributed by atoms with Crippen LogP contribution in [0.15, 0.2) is 12.1 Å². The average molecular weight is 304 g/mol. The Morgan fingerprint density at radius 2 is 2.18 bits per heavy atom. The lowest BCUT2D eigenvalue weighted by Gasteiger charge is -2.33. The number of hydrogen-bond acceptors (Lipinski definition) is 3. The van der Waals surface area contributed by atoms with E-state index >= 15 is 0 Å². The van der Waals surface area contributed by atoms with Gasteiger partial charge < -0.3 is 10.4 Å². The van der Waals surface area contributed by atoms with Crippen molar-refractivity contribution >= 4 is 5.91 Å². The van der Waals surface area contributed by atoms with Gasteiger partial charge in [-0.15, -0.1) is 0 Å². The van der Waals surface area contributed by atoms with E-state index < -0.39 is 0 Å². The molecule has 4 nitrogen and oxygen atoms in total. The highest BCUT2D eigenvalue weighted by Gasteiger charge is 2.22. The number of phenolic OH excluding ortho intramolecular Hbond substituents is 1. The van der Waals surface area contributed by atoms with E-state index in [0.717, 1.165) is 49.2 Å². The third-order valence-corrected chi connectivity index (χ3v) is 4.46. The lowest BCUT2D eigenvalue weighted by atomic mass is 9.95. The molecule has 2 rings (SSSR count). The zero-order valence-corrected chi connectivity index (χ0v) is 14.1. The maximum absolute atomic E-state index is 11.2. The van der Waals surface area contributed by atoms with Crippen molar-refractivity contribution in [2.45, 2.75) is 59.0 Å². The predicted molar refractivity (Wildman–Crippen MR) is 89.0 cm³/mol. The number of aromatic hydroxyl groups is 1. The molecule has 1 aromatic carbocycles. The van der Waals surface area contributed by atoms with Crippen LogP contribution in [0, 0.1) is 6.92 Å². The van der Waals surface area contributed by atoms with Gasteiger partial charge in [0, 0.05) is 31.6 Å². The third kappa shape index (κ3) is 4.01.